The molecule has 0 saturated heterocycles. The summed E-state index contributed by atoms with van der Waals surface area (Å²) in [6.45, 7) is 1.85. The fourth-order valence-corrected chi connectivity index (χ4v) is 2.81. The van der Waals surface area contributed by atoms with Crippen LogP contribution in [0.5, 0.6) is 0 Å². The van der Waals surface area contributed by atoms with Crippen molar-refractivity contribution in [3.8, 4) is 0 Å². The molecule has 124 valence electrons. The maximum Gasteiger partial charge on any atom is 0.327 e. The minimum Gasteiger partial charge on any atom is -0.373 e. The molecule has 0 radical (unpaired) electrons. The first-order valence-corrected chi connectivity index (χ1v) is 7.58. The lowest BCUT2D eigenvalue weighted by atomic mass is 9.97. The van der Waals surface area contributed by atoms with Crippen molar-refractivity contribution in [1.82, 2.24) is 0 Å². The molecule has 1 aliphatic rings. The molecule has 0 bridgehead atoms. The van der Waals surface area contributed by atoms with E-state index in [1.165, 1.54) is 12.1 Å². The van der Waals surface area contributed by atoms with Crippen molar-refractivity contribution in [2.75, 3.05) is 10.6 Å². The monoisotopic (exact) mass is 329 g/mol. The topological polar surface area (TPSA) is 84.3 Å². The number of hydrogen-bond acceptors (Lipinski definition) is 4. The summed E-state index contributed by atoms with van der Waals surface area (Å²) in [5, 5.41) is 16.9. The molecular formula is C17H16FN3O3. The number of halogens is 1. The highest BCUT2D eigenvalue weighted by molar-refractivity contribution is 5.93. The number of nitro benzene ring substituents is 1. The van der Waals surface area contributed by atoms with Gasteiger partial charge in [-0.15, -0.1) is 0 Å². The first-order valence-electron chi connectivity index (χ1n) is 7.58. The Kier molecular flexibility index (Phi) is 4.16. The number of amides is 1. The van der Waals surface area contributed by atoms with E-state index in [-0.39, 0.29) is 17.6 Å². The van der Waals surface area contributed by atoms with E-state index in [2.05, 4.69) is 10.6 Å². The summed E-state index contributed by atoms with van der Waals surface area (Å²) < 4.78 is 13.7. The number of benzene rings is 2. The summed E-state index contributed by atoms with van der Waals surface area (Å²) in [5.74, 6) is -0.873. The number of nitrogens with one attached hydrogen (secondary N) is 2. The standard InChI is InChI=1S/C17H16FN3O3/c1-10(19-15-4-2-3-13(18)17(15)21(23)24)11-5-7-14-12(9-11)6-8-16(22)20-14/h2-5,7,9-10,19H,6,8H2,1H3,(H,20,22)/t10-/m1/s1. The molecule has 0 unspecified atom stereocenters. The van der Waals surface area contributed by atoms with E-state index in [4.69, 9.17) is 0 Å². The predicted molar refractivity (Wildman–Crippen MR) is 88.5 cm³/mol. The van der Waals surface area contributed by atoms with Gasteiger partial charge in [-0.25, -0.2) is 0 Å². The van der Waals surface area contributed by atoms with E-state index in [0.717, 1.165) is 22.9 Å². The number of nitro groups is 1. The summed E-state index contributed by atoms with van der Waals surface area (Å²) >= 11 is 0. The Morgan fingerprint density at radius 1 is 1.29 bits per heavy atom. The van der Waals surface area contributed by atoms with Crippen LogP contribution in [0.15, 0.2) is 36.4 Å². The zero-order valence-electron chi connectivity index (χ0n) is 13.0. The van der Waals surface area contributed by atoms with Gasteiger partial charge in [-0.1, -0.05) is 18.2 Å². The van der Waals surface area contributed by atoms with Gasteiger partial charge < -0.3 is 10.6 Å². The van der Waals surface area contributed by atoms with E-state index >= 15 is 0 Å². The second-order valence-corrected chi connectivity index (χ2v) is 5.72. The van der Waals surface area contributed by atoms with Crippen molar-refractivity contribution in [2.24, 2.45) is 0 Å². The fourth-order valence-electron chi connectivity index (χ4n) is 2.81. The van der Waals surface area contributed by atoms with Gasteiger partial charge in [0.2, 0.25) is 11.7 Å². The Morgan fingerprint density at radius 3 is 2.83 bits per heavy atom. The van der Waals surface area contributed by atoms with Crippen LogP contribution >= 0.6 is 0 Å². The number of rotatable bonds is 4. The average Bonchev–Trinajstić information content (AvgIpc) is 2.54. The number of anilines is 2. The highest BCUT2D eigenvalue weighted by Crippen LogP contribution is 2.32. The van der Waals surface area contributed by atoms with Crippen molar-refractivity contribution < 1.29 is 14.1 Å². The van der Waals surface area contributed by atoms with E-state index in [1.54, 1.807) is 0 Å². The lowest BCUT2D eigenvalue weighted by molar-refractivity contribution is -0.386. The molecule has 24 heavy (non-hydrogen) atoms. The van der Waals surface area contributed by atoms with Crippen LogP contribution in [0.1, 0.15) is 30.5 Å². The normalized spacial score (nSPS) is 14.5. The molecule has 2 N–H and O–H groups in total. The Labute approximate surface area is 137 Å². The third-order valence-electron chi connectivity index (χ3n) is 4.07. The Hall–Kier alpha value is -2.96. The number of carbonyl (C=O) groups excluding carboxylic acids is 1. The summed E-state index contributed by atoms with van der Waals surface area (Å²) in [5.41, 5.74) is 2.30. The van der Waals surface area contributed by atoms with Gasteiger partial charge in [-0.2, -0.15) is 4.39 Å². The maximum absolute atomic E-state index is 13.7. The first-order chi connectivity index (χ1) is 11.5. The molecule has 0 aliphatic carbocycles. The number of nitrogens with zero attached hydrogens (tertiary/aromatic N) is 1. The van der Waals surface area contributed by atoms with Crippen LogP contribution < -0.4 is 10.6 Å². The van der Waals surface area contributed by atoms with E-state index in [0.29, 0.717) is 12.8 Å². The third kappa shape index (κ3) is 3.05. The molecule has 0 spiro atoms. The predicted octanol–water partition coefficient (Wildman–Crippen LogP) is 3.79. The van der Waals surface area contributed by atoms with Gasteiger partial charge in [0.05, 0.1) is 4.92 Å². The van der Waals surface area contributed by atoms with Crippen LogP contribution in [0.2, 0.25) is 0 Å². The highest BCUT2D eigenvalue weighted by Gasteiger charge is 2.22. The lowest BCUT2D eigenvalue weighted by Crippen LogP contribution is -2.19. The molecule has 0 aromatic heterocycles. The van der Waals surface area contributed by atoms with Crippen LogP contribution in [0.4, 0.5) is 21.5 Å². The zero-order valence-corrected chi connectivity index (χ0v) is 13.0. The second kappa shape index (κ2) is 6.27. The van der Waals surface area contributed by atoms with Crippen molar-refractivity contribution >= 4 is 23.0 Å². The summed E-state index contributed by atoms with van der Waals surface area (Å²) in [7, 11) is 0. The molecule has 1 atom stereocenters. The molecule has 7 heteroatoms. The molecule has 1 heterocycles. The summed E-state index contributed by atoms with van der Waals surface area (Å²) in [4.78, 5) is 21.7. The second-order valence-electron chi connectivity index (χ2n) is 5.72. The number of carbonyl (C=O) groups is 1. The van der Waals surface area contributed by atoms with E-state index in [1.807, 2.05) is 25.1 Å². The molecular weight excluding hydrogens is 313 g/mol. The average molecular weight is 329 g/mol. The molecule has 0 saturated carbocycles. The van der Waals surface area contributed by atoms with Crippen LogP contribution in [0.3, 0.4) is 0 Å². The molecule has 6 nitrogen and oxygen atoms in total. The van der Waals surface area contributed by atoms with Gasteiger partial charge in [0.1, 0.15) is 5.69 Å². The molecule has 1 amide bonds. The minimum absolute atomic E-state index is 0.00295. The van der Waals surface area contributed by atoms with E-state index < -0.39 is 16.4 Å². The van der Waals surface area contributed by atoms with Gasteiger partial charge in [0.25, 0.3) is 0 Å². The Balaban J connectivity index is 1.86. The molecule has 3 rings (SSSR count). The van der Waals surface area contributed by atoms with E-state index in [9.17, 15) is 19.3 Å². The number of aryl methyl sites for hydroxylation is 1. The summed E-state index contributed by atoms with van der Waals surface area (Å²) in [6.07, 6.45) is 1.09. The fraction of sp³-hybridized carbons (Fsp3) is 0.235. The largest absolute Gasteiger partial charge is 0.373 e. The van der Waals surface area contributed by atoms with Gasteiger partial charge in [-0.05, 0) is 42.7 Å². The van der Waals surface area contributed by atoms with Crippen LogP contribution in [-0.2, 0) is 11.2 Å². The molecule has 0 fully saturated rings. The lowest BCUT2D eigenvalue weighted by Gasteiger charge is -2.21. The highest BCUT2D eigenvalue weighted by atomic mass is 19.1. The van der Waals surface area contributed by atoms with Gasteiger partial charge in [0, 0.05) is 18.2 Å². The maximum atomic E-state index is 13.7. The Morgan fingerprint density at radius 2 is 2.08 bits per heavy atom. The number of hydrogen-bond donors (Lipinski definition) is 2. The minimum atomic E-state index is -0.870. The number of para-hydroxylation sites is 1. The number of fused-ring (bicyclic) bond motifs is 1. The SMILES string of the molecule is C[C@@H](Nc1cccc(F)c1[N+](=O)[O-])c1ccc2c(c1)CCC(=O)N2. The first kappa shape index (κ1) is 15.9. The van der Waals surface area contributed by atoms with Gasteiger partial charge >= 0.3 is 5.69 Å². The van der Waals surface area contributed by atoms with Gasteiger partial charge in [-0.3, -0.25) is 14.9 Å². The smallest absolute Gasteiger partial charge is 0.327 e. The van der Waals surface area contributed by atoms with Crippen molar-refractivity contribution in [3.05, 3.63) is 63.5 Å². The van der Waals surface area contributed by atoms with Crippen molar-refractivity contribution in [3.63, 3.8) is 0 Å². The van der Waals surface area contributed by atoms with Gasteiger partial charge in [0.15, 0.2) is 0 Å². The third-order valence-corrected chi connectivity index (χ3v) is 4.07. The Bertz CT molecular complexity index is 823. The zero-order chi connectivity index (χ0) is 17.3. The van der Waals surface area contributed by atoms with Crippen molar-refractivity contribution in [2.45, 2.75) is 25.8 Å². The quantitative estimate of drug-likeness (QED) is 0.660. The molecule has 2 aromatic carbocycles. The van der Waals surface area contributed by atoms with Crippen molar-refractivity contribution in [1.29, 1.82) is 0 Å². The van der Waals surface area contributed by atoms with Crippen LogP contribution in [0, 0.1) is 15.9 Å². The molecule has 1 aliphatic heterocycles. The van der Waals surface area contributed by atoms with Crippen LogP contribution in [0.25, 0.3) is 0 Å². The summed E-state index contributed by atoms with van der Waals surface area (Å²) in [6, 6.07) is 9.34. The van der Waals surface area contributed by atoms with Crippen LogP contribution in [-0.4, -0.2) is 10.8 Å². The molecule has 2 aromatic rings.